The standard InChI is InChI=1S/C4H6N2O2.H2O/c7-3-4(8)6-2-1-5-3;/h1-2H2,(H,5,7)(H,6,8);1H2. The van der Waals surface area contributed by atoms with Crippen molar-refractivity contribution in [3.63, 3.8) is 0 Å². The van der Waals surface area contributed by atoms with Crippen molar-refractivity contribution >= 4 is 11.8 Å². The van der Waals surface area contributed by atoms with E-state index in [2.05, 4.69) is 10.6 Å². The third kappa shape index (κ3) is 1.69. The zero-order chi connectivity index (χ0) is 5.98. The van der Waals surface area contributed by atoms with Crippen molar-refractivity contribution < 1.29 is 15.1 Å². The number of carbonyl (C=O) groups excluding carboxylic acids is 2. The molecule has 9 heavy (non-hydrogen) atoms. The predicted octanol–water partition coefficient (Wildman–Crippen LogP) is -2.59. The molecule has 2 amide bonds. The van der Waals surface area contributed by atoms with Gasteiger partial charge in [0.25, 0.3) is 0 Å². The van der Waals surface area contributed by atoms with Crippen LogP contribution in [0.3, 0.4) is 0 Å². The van der Waals surface area contributed by atoms with Crippen molar-refractivity contribution in [2.75, 3.05) is 13.1 Å². The fourth-order valence-electron chi connectivity index (χ4n) is 0.513. The van der Waals surface area contributed by atoms with Crippen molar-refractivity contribution in [2.24, 2.45) is 0 Å². The first-order valence-corrected chi connectivity index (χ1v) is 2.37. The van der Waals surface area contributed by atoms with Gasteiger partial charge in [-0.2, -0.15) is 0 Å². The summed E-state index contributed by atoms with van der Waals surface area (Å²) >= 11 is 0. The Labute approximate surface area is 51.7 Å². The summed E-state index contributed by atoms with van der Waals surface area (Å²) in [5, 5.41) is 4.76. The van der Waals surface area contributed by atoms with Gasteiger partial charge in [-0.15, -0.1) is 0 Å². The normalized spacial score (nSPS) is 17.3. The molecule has 0 aromatic heterocycles. The van der Waals surface area contributed by atoms with Gasteiger partial charge in [-0.05, 0) is 0 Å². The van der Waals surface area contributed by atoms with E-state index in [9.17, 15) is 9.59 Å². The molecule has 0 bridgehead atoms. The van der Waals surface area contributed by atoms with Crippen LogP contribution in [-0.2, 0) is 9.59 Å². The molecule has 5 heteroatoms. The Balaban J connectivity index is 0.000000640. The summed E-state index contributed by atoms with van der Waals surface area (Å²) in [7, 11) is 0. The molecule has 0 aromatic rings. The second-order valence-corrected chi connectivity index (χ2v) is 1.51. The predicted molar refractivity (Wildman–Crippen MR) is 29.6 cm³/mol. The average Bonchev–Trinajstić information content (AvgIpc) is 1.77. The van der Waals surface area contributed by atoms with E-state index in [0.29, 0.717) is 13.1 Å². The molecular weight excluding hydrogens is 124 g/mol. The second kappa shape index (κ2) is 3.03. The molecule has 0 atom stereocenters. The highest BCUT2D eigenvalue weighted by Gasteiger charge is 2.15. The molecule has 0 saturated carbocycles. The van der Waals surface area contributed by atoms with Crippen molar-refractivity contribution in [1.29, 1.82) is 0 Å². The van der Waals surface area contributed by atoms with Gasteiger partial charge in [0, 0.05) is 13.1 Å². The van der Waals surface area contributed by atoms with E-state index in [1.165, 1.54) is 0 Å². The Bertz CT molecular complexity index is 118. The van der Waals surface area contributed by atoms with Crippen molar-refractivity contribution in [2.45, 2.75) is 0 Å². The fourth-order valence-corrected chi connectivity index (χ4v) is 0.513. The lowest BCUT2D eigenvalue weighted by molar-refractivity contribution is -0.140. The van der Waals surface area contributed by atoms with Gasteiger partial charge in [-0.1, -0.05) is 0 Å². The highest BCUT2D eigenvalue weighted by atomic mass is 16.2. The lowest BCUT2D eigenvalue weighted by Gasteiger charge is -2.10. The highest BCUT2D eigenvalue weighted by Crippen LogP contribution is 1.73. The molecule has 0 spiro atoms. The summed E-state index contributed by atoms with van der Waals surface area (Å²) in [4.78, 5) is 20.5. The third-order valence-corrected chi connectivity index (χ3v) is 0.902. The molecule has 0 radical (unpaired) electrons. The number of hydrogen-bond acceptors (Lipinski definition) is 2. The molecular formula is C4H8N2O3. The first kappa shape index (κ1) is 7.90. The van der Waals surface area contributed by atoms with E-state index < -0.39 is 11.8 Å². The van der Waals surface area contributed by atoms with Crippen molar-refractivity contribution in [3.05, 3.63) is 0 Å². The Morgan fingerprint density at radius 3 is 1.56 bits per heavy atom. The number of hydrogen-bond donors (Lipinski definition) is 2. The number of rotatable bonds is 0. The van der Waals surface area contributed by atoms with E-state index in [1.54, 1.807) is 0 Å². The molecule has 1 heterocycles. The monoisotopic (exact) mass is 132 g/mol. The summed E-state index contributed by atoms with van der Waals surface area (Å²) in [6.07, 6.45) is 0. The van der Waals surface area contributed by atoms with Crippen molar-refractivity contribution in [3.8, 4) is 0 Å². The van der Waals surface area contributed by atoms with Crippen LogP contribution < -0.4 is 10.6 Å². The molecule has 1 saturated heterocycles. The fraction of sp³-hybridized carbons (Fsp3) is 0.500. The molecule has 4 N–H and O–H groups in total. The molecule has 0 unspecified atom stereocenters. The van der Waals surface area contributed by atoms with Gasteiger partial charge in [0.1, 0.15) is 0 Å². The molecule has 1 aliphatic rings. The van der Waals surface area contributed by atoms with E-state index in [4.69, 9.17) is 0 Å². The SMILES string of the molecule is O.O=C1NCCNC1=O. The van der Waals surface area contributed by atoms with Crippen molar-refractivity contribution in [1.82, 2.24) is 10.6 Å². The topological polar surface area (TPSA) is 89.7 Å². The van der Waals surface area contributed by atoms with Crippen LogP contribution in [0.15, 0.2) is 0 Å². The summed E-state index contributed by atoms with van der Waals surface area (Å²) < 4.78 is 0. The number of amides is 2. The number of nitrogens with one attached hydrogen (secondary N) is 2. The van der Waals surface area contributed by atoms with E-state index in [-0.39, 0.29) is 5.48 Å². The lowest BCUT2D eigenvalue weighted by atomic mass is 10.4. The Kier molecular flexibility index (Phi) is 2.66. The Morgan fingerprint density at radius 1 is 1.00 bits per heavy atom. The largest absolute Gasteiger partial charge is 0.412 e. The van der Waals surface area contributed by atoms with Crippen LogP contribution in [0.4, 0.5) is 0 Å². The lowest BCUT2D eigenvalue weighted by Crippen LogP contribution is -2.49. The van der Waals surface area contributed by atoms with Crippen LogP contribution in [0.2, 0.25) is 0 Å². The summed E-state index contributed by atoms with van der Waals surface area (Å²) in [6.45, 7) is 1.09. The molecule has 52 valence electrons. The van der Waals surface area contributed by atoms with Crippen LogP contribution in [0.1, 0.15) is 0 Å². The van der Waals surface area contributed by atoms with Crippen LogP contribution in [-0.4, -0.2) is 30.4 Å². The molecule has 1 rings (SSSR count). The van der Waals surface area contributed by atoms with Gasteiger partial charge in [-0.3, -0.25) is 9.59 Å². The first-order chi connectivity index (χ1) is 3.80. The zero-order valence-electron chi connectivity index (χ0n) is 4.73. The molecule has 0 aliphatic carbocycles. The van der Waals surface area contributed by atoms with Gasteiger partial charge in [0.15, 0.2) is 0 Å². The maximum absolute atomic E-state index is 10.3. The maximum Gasteiger partial charge on any atom is 0.309 e. The molecule has 1 fully saturated rings. The second-order valence-electron chi connectivity index (χ2n) is 1.51. The Morgan fingerprint density at radius 2 is 1.33 bits per heavy atom. The van der Waals surface area contributed by atoms with E-state index in [1.807, 2.05) is 0 Å². The minimum Gasteiger partial charge on any atom is -0.412 e. The average molecular weight is 132 g/mol. The van der Waals surface area contributed by atoms with Crippen LogP contribution >= 0.6 is 0 Å². The van der Waals surface area contributed by atoms with Gasteiger partial charge in [0.05, 0.1) is 0 Å². The molecule has 1 aliphatic heterocycles. The molecule has 5 nitrogen and oxygen atoms in total. The Hall–Kier alpha value is -1.10. The third-order valence-electron chi connectivity index (χ3n) is 0.902. The van der Waals surface area contributed by atoms with E-state index >= 15 is 0 Å². The van der Waals surface area contributed by atoms with Crippen LogP contribution in [0, 0.1) is 0 Å². The minimum absolute atomic E-state index is 0. The first-order valence-electron chi connectivity index (χ1n) is 2.37. The number of carbonyl (C=O) groups is 2. The van der Waals surface area contributed by atoms with Crippen LogP contribution in [0.25, 0.3) is 0 Å². The zero-order valence-corrected chi connectivity index (χ0v) is 4.73. The van der Waals surface area contributed by atoms with Gasteiger partial charge in [-0.25, -0.2) is 0 Å². The summed E-state index contributed by atoms with van der Waals surface area (Å²) in [5.41, 5.74) is 0. The van der Waals surface area contributed by atoms with Gasteiger partial charge < -0.3 is 16.1 Å². The molecule has 0 aromatic carbocycles. The van der Waals surface area contributed by atoms with E-state index in [0.717, 1.165) is 0 Å². The highest BCUT2D eigenvalue weighted by molar-refractivity contribution is 6.35. The van der Waals surface area contributed by atoms with Crippen LogP contribution in [0.5, 0.6) is 0 Å². The maximum atomic E-state index is 10.3. The quantitative estimate of drug-likeness (QED) is 0.354. The summed E-state index contributed by atoms with van der Waals surface area (Å²) in [5.74, 6) is -1.06. The van der Waals surface area contributed by atoms with Gasteiger partial charge in [0.2, 0.25) is 0 Å². The smallest absolute Gasteiger partial charge is 0.309 e. The minimum atomic E-state index is -0.531. The van der Waals surface area contributed by atoms with Gasteiger partial charge >= 0.3 is 11.8 Å². The number of piperazine rings is 1. The summed E-state index contributed by atoms with van der Waals surface area (Å²) in [6, 6.07) is 0.